The van der Waals surface area contributed by atoms with E-state index in [0.717, 1.165) is 24.8 Å². The third-order valence-electron chi connectivity index (χ3n) is 4.52. The van der Waals surface area contributed by atoms with E-state index in [1.165, 1.54) is 0 Å². The maximum Gasteiger partial charge on any atom is 0.329 e. The number of aliphatic hydroxyl groups excluding tert-OH is 1. The Labute approximate surface area is 159 Å². The van der Waals surface area contributed by atoms with Crippen LogP contribution in [0.15, 0.2) is 36.7 Å². The highest BCUT2D eigenvalue weighted by atomic mass is 16.5. The van der Waals surface area contributed by atoms with Gasteiger partial charge in [-0.15, -0.1) is 0 Å². The van der Waals surface area contributed by atoms with Gasteiger partial charge in [0.1, 0.15) is 6.61 Å². The van der Waals surface area contributed by atoms with Crippen molar-refractivity contribution in [3.8, 4) is 0 Å². The molecular formula is C20H28N2O5. The lowest BCUT2D eigenvalue weighted by molar-refractivity contribution is -0.142. The van der Waals surface area contributed by atoms with Gasteiger partial charge in [0.05, 0.1) is 12.1 Å². The highest BCUT2D eigenvalue weighted by Crippen LogP contribution is 2.20. The number of amides is 1. The van der Waals surface area contributed by atoms with E-state index in [1.54, 1.807) is 18.5 Å². The molecule has 1 unspecified atom stereocenters. The SMILES string of the molecule is O=C(O)COCCCCN1C(=O)CCC[C@@H]1/C=C/C(O)Cc1ccncc1. The van der Waals surface area contributed by atoms with Crippen molar-refractivity contribution in [2.75, 3.05) is 19.8 Å². The molecule has 0 aromatic carbocycles. The van der Waals surface area contributed by atoms with Crippen molar-refractivity contribution in [1.82, 2.24) is 9.88 Å². The second kappa shape index (κ2) is 11.5. The van der Waals surface area contributed by atoms with E-state index in [0.29, 0.717) is 32.4 Å². The minimum Gasteiger partial charge on any atom is -0.480 e. The standard InChI is InChI=1S/C20H28N2O5/c23-18(14-16-8-10-21-11-9-16)7-6-17-4-3-5-19(24)22(17)12-1-2-13-27-15-20(25)26/h6-11,17-18,23H,1-5,12-15H2,(H,25,26)/b7-6+/t17-,18?/m1/s1. The minimum absolute atomic E-state index is 0.00159. The molecule has 7 heteroatoms. The Hall–Kier alpha value is -2.25. The minimum atomic E-state index is -0.975. The number of pyridine rings is 1. The molecular weight excluding hydrogens is 348 g/mol. The molecule has 2 heterocycles. The number of unbranched alkanes of at least 4 members (excludes halogenated alkanes) is 1. The molecule has 1 aromatic rings. The molecule has 0 spiro atoms. The molecule has 27 heavy (non-hydrogen) atoms. The van der Waals surface area contributed by atoms with Gasteiger partial charge in [0.15, 0.2) is 0 Å². The van der Waals surface area contributed by atoms with Gasteiger partial charge in [0.25, 0.3) is 0 Å². The molecule has 148 valence electrons. The molecule has 1 aliphatic heterocycles. The number of carbonyl (C=O) groups is 2. The summed E-state index contributed by atoms with van der Waals surface area (Å²) < 4.78 is 5.02. The number of piperidine rings is 1. The summed E-state index contributed by atoms with van der Waals surface area (Å²) in [5.41, 5.74) is 1.01. The zero-order chi connectivity index (χ0) is 19.5. The number of ether oxygens (including phenoxy) is 1. The molecule has 1 aromatic heterocycles. The Bertz CT molecular complexity index is 620. The third kappa shape index (κ3) is 7.88. The monoisotopic (exact) mass is 376 g/mol. The molecule has 0 aliphatic carbocycles. The van der Waals surface area contributed by atoms with Crippen LogP contribution >= 0.6 is 0 Å². The van der Waals surface area contributed by atoms with Crippen LogP contribution in [0.5, 0.6) is 0 Å². The van der Waals surface area contributed by atoms with Gasteiger partial charge in [0.2, 0.25) is 5.91 Å². The smallest absolute Gasteiger partial charge is 0.329 e. The normalized spacial score (nSPS) is 18.8. The summed E-state index contributed by atoms with van der Waals surface area (Å²) in [6, 6.07) is 3.75. The Kier molecular flexibility index (Phi) is 8.94. The number of hydrogen-bond acceptors (Lipinski definition) is 5. The van der Waals surface area contributed by atoms with Gasteiger partial charge in [-0.05, 0) is 43.4 Å². The predicted octanol–water partition coefficient (Wildman–Crippen LogP) is 1.80. The number of carbonyl (C=O) groups excluding carboxylic acids is 1. The average molecular weight is 376 g/mol. The number of likely N-dealkylation sites (tertiary alicyclic amines) is 1. The van der Waals surface area contributed by atoms with E-state index < -0.39 is 12.1 Å². The number of aromatic nitrogens is 1. The van der Waals surface area contributed by atoms with Crippen molar-refractivity contribution in [2.45, 2.75) is 50.7 Å². The fourth-order valence-corrected chi connectivity index (χ4v) is 3.17. The largest absolute Gasteiger partial charge is 0.480 e. The summed E-state index contributed by atoms with van der Waals surface area (Å²) in [5, 5.41) is 18.8. The fourth-order valence-electron chi connectivity index (χ4n) is 3.17. The maximum atomic E-state index is 12.3. The molecule has 1 amide bonds. The number of aliphatic carboxylic acids is 1. The van der Waals surface area contributed by atoms with Gasteiger partial charge in [-0.3, -0.25) is 9.78 Å². The van der Waals surface area contributed by atoms with Crippen molar-refractivity contribution in [3.05, 3.63) is 42.2 Å². The van der Waals surface area contributed by atoms with Crippen LogP contribution < -0.4 is 0 Å². The van der Waals surface area contributed by atoms with Crippen molar-refractivity contribution >= 4 is 11.9 Å². The number of rotatable bonds is 11. The third-order valence-corrected chi connectivity index (χ3v) is 4.52. The Morgan fingerprint density at radius 1 is 1.37 bits per heavy atom. The number of aliphatic hydroxyl groups is 1. The first-order chi connectivity index (χ1) is 13.1. The van der Waals surface area contributed by atoms with Crippen molar-refractivity contribution < 1.29 is 24.5 Å². The van der Waals surface area contributed by atoms with Gasteiger partial charge >= 0.3 is 5.97 Å². The zero-order valence-electron chi connectivity index (χ0n) is 15.5. The van der Waals surface area contributed by atoms with E-state index in [1.807, 2.05) is 23.1 Å². The van der Waals surface area contributed by atoms with Crippen LogP contribution in [0.2, 0.25) is 0 Å². The summed E-state index contributed by atoms with van der Waals surface area (Å²) in [5.74, 6) is -0.845. The van der Waals surface area contributed by atoms with Crippen LogP contribution in [0, 0.1) is 0 Å². The molecule has 1 aliphatic rings. The molecule has 2 atom stereocenters. The van der Waals surface area contributed by atoms with Crippen LogP contribution in [-0.2, 0) is 20.7 Å². The Morgan fingerprint density at radius 2 is 2.15 bits per heavy atom. The fraction of sp³-hybridized carbons (Fsp3) is 0.550. The van der Waals surface area contributed by atoms with E-state index in [-0.39, 0.29) is 18.6 Å². The summed E-state index contributed by atoms with van der Waals surface area (Å²) in [6.45, 7) is 0.702. The summed E-state index contributed by atoms with van der Waals surface area (Å²) in [4.78, 5) is 28.5. The highest BCUT2D eigenvalue weighted by molar-refractivity contribution is 5.77. The molecule has 0 bridgehead atoms. The van der Waals surface area contributed by atoms with Crippen LogP contribution in [-0.4, -0.2) is 63.9 Å². The van der Waals surface area contributed by atoms with Gasteiger partial charge in [0, 0.05) is 38.4 Å². The summed E-state index contributed by atoms with van der Waals surface area (Å²) >= 11 is 0. The summed E-state index contributed by atoms with van der Waals surface area (Å²) in [6.07, 6.45) is 10.8. The number of hydrogen-bond donors (Lipinski definition) is 2. The number of nitrogens with zero attached hydrogens (tertiary/aromatic N) is 2. The van der Waals surface area contributed by atoms with E-state index in [4.69, 9.17) is 9.84 Å². The zero-order valence-corrected chi connectivity index (χ0v) is 15.5. The predicted molar refractivity (Wildman–Crippen MR) is 100 cm³/mol. The van der Waals surface area contributed by atoms with Crippen LogP contribution in [0.1, 0.15) is 37.7 Å². The lowest BCUT2D eigenvalue weighted by Gasteiger charge is -2.34. The van der Waals surface area contributed by atoms with Crippen LogP contribution in [0.3, 0.4) is 0 Å². The highest BCUT2D eigenvalue weighted by Gasteiger charge is 2.25. The first-order valence-electron chi connectivity index (χ1n) is 9.40. The van der Waals surface area contributed by atoms with Crippen molar-refractivity contribution in [3.63, 3.8) is 0 Å². The van der Waals surface area contributed by atoms with E-state index in [2.05, 4.69) is 4.98 Å². The van der Waals surface area contributed by atoms with Crippen molar-refractivity contribution in [2.24, 2.45) is 0 Å². The summed E-state index contributed by atoms with van der Waals surface area (Å²) in [7, 11) is 0. The lowest BCUT2D eigenvalue weighted by Crippen LogP contribution is -2.43. The van der Waals surface area contributed by atoms with Crippen molar-refractivity contribution in [1.29, 1.82) is 0 Å². The molecule has 1 saturated heterocycles. The topological polar surface area (TPSA) is 100.0 Å². The second-order valence-corrected chi connectivity index (χ2v) is 6.71. The Balaban J connectivity index is 1.79. The van der Waals surface area contributed by atoms with Gasteiger partial charge in [-0.1, -0.05) is 12.2 Å². The number of carboxylic acid groups (broad SMARTS) is 1. The average Bonchev–Trinajstić information content (AvgIpc) is 2.65. The quantitative estimate of drug-likeness (QED) is 0.451. The molecule has 1 fully saturated rings. The van der Waals surface area contributed by atoms with Crippen LogP contribution in [0.4, 0.5) is 0 Å². The van der Waals surface area contributed by atoms with E-state index >= 15 is 0 Å². The maximum absolute atomic E-state index is 12.3. The van der Waals surface area contributed by atoms with Gasteiger partial charge in [-0.25, -0.2) is 4.79 Å². The van der Waals surface area contributed by atoms with E-state index in [9.17, 15) is 14.7 Å². The lowest BCUT2D eigenvalue weighted by atomic mass is 9.99. The second-order valence-electron chi connectivity index (χ2n) is 6.71. The first kappa shape index (κ1) is 21.1. The molecule has 0 saturated carbocycles. The molecule has 0 radical (unpaired) electrons. The van der Waals surface area contributed by atoms with Gasteiger partial charge < -0.3 is 19.8 Å². The van der Waals surface area contributed by atoms with Gasteiger partial charge in [-0.2, -0.15) is 0 Å². The molecule has 7 nitrogen and oxygen atoms in total. The molecule has 2 rings (SSSR count). The Morgan fingerprint density at radius 3 is 2.89 bits per heavy atom. The first-order valence-corrected chi connectivity index (χ1v) is 9.40. The number of carboxylic acids is 1. The molecule has 2 N–H and O–H groups in total. The van der Waals surface area contributed by atoms with Crippen LogP contribution in [0.25, 0.3) is 0 Å².